The van der Waals surface area contributed by atoms with Crippen molar-refractivity contribution in [3.8, 4) is 0 Å². The van der Waals surface area contributed by atoms with Crippen molar-refractivity contribution in [1.82, 2.24) is 20.1 Å². The number of nitrogens with one attached hydrogen (secondary N) is 1. The van der Waals surface area contributed by atoms with Crippen LogP contribution in [0, 0.1) is 0 Å². The third-order valence-electron chi connectivity index (χ3n) is 4.55. The van der Waals surface area contributed by atoms with Crippen molar-refractivity contribution in [3.63, 3.8) is 0 Å². The summed E-state index contributed by atoms with van der Waals surface area (Å²) in [7, 11) is 0. The van der Waals surface area contributed by atoms with Crippen LogP contribution in [0.25, 0.3) is 10.2 Å². The van der Waals surface area contributed by atoms with E-state index in [9.17, 15) is 4.79 Å². The number of hydrogen-bond donors (Lipinski definition) is 1. The number of amides is 1. The lowest BCUT2D eigenvalue weighted by atomic mass is 10.2. The number of nitrogens with zero attached hydrogens (tertiary/aromatic N) is 3. The number of benzene rings is 1. The van der Waals surface area contributed by atoms with Crippen molar-refractivity contribution >= 4 is 27.5 Å². The van der Waals surface area contributed by atoms with E-state index in [1.807, 2.05) is 13.0 Å². The van der Waals surface area contributed by atoms with Crippen LogP contribution >= 0.6 is 11.3 Å². The van der Waals surface area contributed by atoms with Crippen molar-refractivity contribution in [3.05, 3.63) is 29.3 Å². The fraction of sp³-hybridized carbons (Fsp3) is 0.556. The highest BCUT2D eigenvalue weighted by molar-refractivity contribution is 7.18. The van der Waals surface area contributed by atoms with Gasteiger partial charge in [0.05, 0.1) is 23.3 Å². The van der Waals surface area contributed by atoms with E-state index in [0.29, 0.717) is 6.54 Å². The molecular formula is C18H26N4OS. The summed E-state index contributed by atoms with van der Waals surface area (Å²) in [4.78, 5) is 21.4. The quantitative estimate of drug-likeness (QED) is 0.872. The molecule has 1 aromatic carbocycles. The smallest absolute Gasteiger partial charge is 0.234 e. The zero-order chi connectivity index (χ0) is 16.9. The van der Waals surface area contributed by atoms with E-state index in [4.69, 9.17) is 4.98 Å². The van der Waals surface area contributed by atoms with E-state index >= 15 is 0 Å². The van der Waals surface area contributed by atoms with Crippen LogP contribution in [0.2, 0.25) is 0 Å². The molecule has 0 unspecified atom stereocenters. The fourth-order valence-electron chi connectivity index (χ4n) is 2.91. The summed E-state index contributed by atoms with van der Waals surface area (Å²) >= 11 is 1.78. The summed E-state index contributed by atoms with van der Waals surface area (Å²) in [5.74, 6) is 0.143. The second-order valence-electron chi connectivity index (χ2n) is 6.50. The number of fused-ring (bicyclic) bond motifs is 1. The predicted octanol–water partition coefficient (Wildman–Crippen LogP) is 2.33. The molecule has 1 amide bonds. The zero-order valence-corrected chi connectivity index (χ0v) is 15.3. The van der Waals surface area contributed by atoms with Gasteiger partial charge in [-0.25, -0.2) is 4.98 Å². The van der Waals surface area contributed by atoms with Crippen LogP contribution in [0.3, 0.4) is 0 Å². The van der Waals surface area contributed by atoms with Crippen molar-refractivity contribution < 1.29 is 4.79 Å². The Morgan fingerprint density at radius 2 is 1.96 bits per heavy atom. The Balaban J connectivity index is 1.46. The molecule has 0 spiro atoms. The number of carbonyl (C=O) groups is 1. The molecule has 2 heterocycles. The van der Waals surface area contributed by atoms with Gasteiger partial charge in [-0.1, -0.05) is 19.1 Å². The summed E-state index contributed by atoms with van der Waals surface area (Å²) in [6.45, 7) is 9.43. The number of aromatic nitrogens is 1. The molecule has 0 bridgehead atoms. The molecule has 6 heteroatoms. The summed E-state index contributed by atoms with van der Waals surface area (Å²) in [6, 6.07) is 8.56. The van der Waals surface area contributed by atoms with Gasteiger partial charge in [0.15, 0.2) is 0 Å². The van der Waals surface area contributed by atoms with Crippen LogP contribution in [0.1, 0.15) is 25.3 Å². The molecule has 1 fully saturated rings. The van der Waals surface area contributed by atoms with E-state index < -0.39 is 0 Å². The molecule has 1 aliphatic rings. The first kappa shape index (κ1) is 17.3. The number of rotatable bonds is 6. The molecular weight excluding hydrogens is 320 g/mol. The zero-order valence-electron chi connectivity index (χ0n) is 14.5. The second-order valence-corrected chi connectivity index (χ2v) is 7.62. The molecule has 1 atom stereocenters. The van der Waals surface area contributed by atoms with Crippen LogP contribution in [0.5, 0.6) is 0 Å². The van der Waals surface area contributed by atoms with E-state index in [1.54, 1.807) is 11.3 Å². The maximum Gasteiger partial charge on any atom is 0.234 e. The number of hydrogen-bond acceptors (Lipinski definition) is 5. The summed E-state index contributed by atoms with van der Waals surface area (Å²) in [5, 5.41) is 4.22. The minimum absolute atomic E-state index is 0.143. The van der Waals surface area contributed by atoms with E-state index in [1.165, 1.54) is 9.71 Å². The van der Waals surface area contributed by atoms with Gasteiger partial charge in [0.1, 0.15) is 5.01 Å². The summed E-state index contributed by atoms with van der Waals surface area (Å²) < 4.78 is 1.26. The van der Waals surface area contributed by atoms with Crippen LogP contribution in [0.15, 0.2) is 24.3 Å². The maximum atomic E-state index is 12.0. The Morgan fingerprint density at radius 3 is 2.67 bits per heavy atom. The Labute approximate surface area is 147 Å². The molecule has 0 radical (unpaired) electrons. The Hall–Kier alpha value is -1.50. The lowest BCUT2D eigenvalue weighted by Crippen LogP contribution is -2.49. The second kappa shape index (κ2) is 8.05. The van der Waals surface area contributed by atoms with Gasteiger partial charge >= 0.3 is 0 Å². The number of piperazine rings is 1. The summed E-state index contributed by atoms with van der Waals surface area (Å²) in [5.41, 5.74) is 1.10. The molecule has 1 N–H and O–H groups in total. The Bertz CT molecular complexity index is 645. The first-order valence-corrected chi connectivity index (χ1v) is 9.54. The highest BCUT2D eigenvalue weighted by Crippen LogP contribution is 2.22. The third-order valence-corrected chi connectivity index (χ3v) is 5.57. The lowest BCUT2D eigenvalue weighted by molar-refractivity contribution is -0.123. The minimum Gasteiger partial charge on any atom is -0.353 e. The van der Waals surface area contributed by atoms with Gasteiger partial charge < -0.3 is 5.32 Å². The van der Waals surface area contributed by atoms with Gasteiger partial charge in [-0.2, -0.15) is 0 Å². The predicted molar refractivity (Wildman–Crippen MR) is 99.2 cm³/mol. The average molecular weight is 347 g/mol. The standard InChI is InChI=1S/C18H26N4OS/c1-3-14(2)19-17(23)12-21-8-10-22(11-9-21)13-18-20-15-6-4-5-7-16(15)24-18/h4-7,14H,3,8-13H2,1-2H3,(H,19,23)/t14-/m0/s1. The van der Waals surface area contributed by atoms with Gasteiger partial charge in [-0.05, 0) is 25.5 Å². The Kier molecular flexibility index (Phi) is 5.81. The van der Waals surface area contributed by atoms with Crippen LogP contribution in [-0.2, 0) is 11.3 Å². The average Bonchev–Trinajstić information content (AvgIpc) is 2.98. The summed E-state index contributed by atoms with van der Waals surface area (Å²) in [6.07, 6.45) is 0.974. The van der Waals surface area contributed by atoms with Crippen molar-refractivity contribution in [2.75, 3.05) is 32.7 Å². The molecule has 1 saturated heterocycles. The van der Waals surface area contributed by atoms with Crippen LogP contribution < -0.4 is 5.32 Å². The number of thiazole rings is 1. The van der Waals surface area contributed by atoms with Gasteiger partial charge in [0.2, 0.25) is 5.91 Å². The van der Waals surface area contributed by atoms with Gasteiger partial charge in [0.25, 0.3) is 0 Å². The first-order valence-electron chi connectivity index (χ1n) is 8.72. The highest BCUT2D eigenvalue weighted by Gasteiger charge is 2.20. The van der Waals surface area contributed by atoms with Crippen LogP contribution in [-0.4, -0.2) is 59.5 Å². The van der Waals surface area contributed by atoms with E-state index in [0.717, 1.165) is 44.7 Å². The molecule has 3 rings (SSSR count). The largest absolute Gasteiger partial charge is 0.353 e. The number of para-hydroxylation sites is 1. The van der Waals surface area contributed by atoms with Crippen molar-refractivity contribution in [2.45, 2.75) is 32.9 Å². The fourth-order valence-corrected chi connectivity index (χ4v) is 3.92. The SMILES string of the molecule is CC[C@H](C)NC(=O)CN1CCN(Cc2nc3ccccc3s2)CC1. The van der Waals surface area contributed by atoms with Crippen molar-refractivity contribution in [2.24, 2.45) is 0 Å². The minimum atomic E-state index is 0.143. The monoisotopic (exact) mass is 346 g/mol. The highest BCUT2D eigenvalue weighted by atomic mass is 32.1. The van der Waals surface area contributed by atoms with Gasteiger partial charge in [0, 0.05) is 32.2 Å². The molecule has 0 aliphatic carbocycles. The normalized spacial score (nSPS) is 17.9. The molecule has 1 aromatic heterocycles. The first-order chi connectivity index (χ1) is 11.6. The molecule has 130 valence electrons. The third kappa shape index (κ3) is 4.53. The topological polar surface area (TPSA) is 48.5 Å². The van der Waals surface area contributed by atoms with Crippen LogP contribution in [0.4, 0.5) is 0 Å². The molecule has 24 heavy (non-hydrogen) atoms. The van der Waals surface area contributed by atoms with E-state index in [-0.39, 0.29) is 11.9 Å². The Morgan fingerprint density at radius 1 is 1.25 bits per heavy atom. The van der Waals surface area contributed by atoms with Crippen molar-refractivity contribution in [1.29, 1.82) is 0 Å². The molecule has 5 nitrogen and oxygen atoms in total. The van der Waals surface area contributed by atoms with Gasteiger partial charge in [-0.3, -0.25) is 14.6 Å². The lowest BCUT2D eigenvalue weighted by Gasteiger charge is -2.33. The van der Waals surface area contributed by atoms with E-state index in [2.05, 4.69) is 40.2 Å². The maximum absolute atomic E-state index is 12.0. The molecule has 2 aromatic rings. The molecule has 0 saturated carbocycles. The number of carbonyl (C=O) groups excluding carboxylic acids is 1. The molecule has 1 aliphatic heterocycles. The van der Waals surface area contributed by atoms with Gasteiger partial charge in [-0.15, -0.1) is 11.3 Å².